The van der Waals surface area contributed by atoms with Crippen LogP contribution in [0.25, 0.3) is 17.0 Å². The minimum atomic E-state index is -1.37. The van der Waals surface area contributed by atoms with E-state index in [1.165, 1.54) is 0 Å². The van der Waals surface area contributed by atoms with Crippen molar-refractivity contribution in [1.82, 2.24) is 9.47 Å². The number of aromatic nitrogens is 1. The number of aryl methyl sites for hydroxylation is 1. The van der Waals surface area contributed by atoms with E-state index in [0.717, 1.165) is 33.1 Å². The van der Waals surface area contributed by atoms with Gasteiger partial charge in [-0.05, 0) is 17.7 Å². The van der Waals surface area contributed by atoms with Crippen LogP contribution >= 0.6 is 24.0 Å². The van der Waals surface area contributed by atoms with E-state index in [2.05, 4.69) is 0 Å². The number of carboxylic acids is 1. The summed E-state index contributed by atoms with van der Waals surface area (Å²) in [6.07, 6.45) is 3.70. The van der Waals surface area contributed by atoms with Gasteiger partial charge in [-0.25, -0.2) is 0 Å². The highest BCUT2D eigenvalue weighted by Gasteiger charge is 2.38. The van der Waals surface area contributed by atoms with Crippen LogP contribution < -0.4 is 5.11 Å². The fraction of sp³-hybridized carbons (Fsp3) is 0.0952. The predicted octanol–water partition coefficient (Wildman–Crippen LogP) is 2.87. The maximum Gasteiger partial charge on any atom is 0.267 e. The summed E-state index contributed by atoms with van der Waals surface area (Å²) in [5.74, 6) is -1.80. The molecule has 1 atom stereocenters. The lowest BCUT2D eigenvalue weighted by molar-refractivity contribution is -0.310. The normalized spacial score (nSPS) is 16.9. The first-order valence-electron chi connectivity index (χ1n) is 8.54. The molecule has 0 aliphatic carbocycles. The number of hydrogen-bond acceptors (Lipinski definition) is 5. The Kier molecular flexibility index (Phi) is 4.78. The molecule has 7 heteroatoms. The van der Waals surface area contributed by atoms with Crippen LogP contribution in [0.15, 0.2) is 65.7 Å². The number of aliphatic carboxylic acids is 1. The SMILES string of the molecule is Cn1cc(/C=C2\SC(=S)N([C@H](C(=O)[O-])c3ccccc3)C2=O)c2ccccc21. The van der Waals surface area contributed by atoms with Crippen molar-refractivity contribution in [3.05, 3.63) is 76.8 Å². The van der Waals surface area contributed by atoms with Crippen molar-refractivity contribution in [2.24, 2.45) is 7.05 Å². The van der Waals surface area contributed by atoms with Gasteiger partial charge in [0.1, 0.15) is 10.4 Å². The van der Waals surface area contributed by atoms with Crippen LogP contribution in [-0.2, 0) is 16.6 Å². The number of carboxylic acid groups (broad SMARTS) is 1. The monoisotopic (exact) mass is 407 g/mol. The number of carbonyl (C=O) groups is 2. The minimum Gasteiger partial charge on any atom is -0.547 e. The molecular weight excluding hydrogens is 392 g/mol. The fourth-order valence-electron chi connectivity index (χ4n) is 3.36. The van der Waals surface area contributed by atoms with Crippen LogP contribution in [-0.4, -0.2) is 25.7 Å². The Morgan fingerprint density at radius 3 is 2.54 bits per heavy atom. The summed E-state index contributed by atoms with van der Waals surface area (Å²) in [5.41, 5.74) is 2.37. The Labute approximate surface area is 171 Å². The molecule has 28 heavy (non-hydrogen) atoms. The van der Waals surface area contributed by atoms with Gasteiger partial charge in [-0.1, -0.05) is 72.5 Å². The highest BCUT2D eigenvalue weighted by Crippen LogP contribution is 2.38. The predicted molar refractivity (Wildman–Crippen MR) is 112 cm³/mol. The third kappa shape index (κ3) is 3.12. The van der Waals surface area contributed by atoms with Gasteiger partial charge in [-0.2, -0.15) is 0 Å². The number of amides is 1. The molecule has 3 aromatic rings. The van der Waals surface area contributed by atoms with Crippen LogP contribution in [0.3, 0.4) is 0 Å². The lowest BCUT2D eigenvalue weighted by Crippen LogP contribution is -2.43. The van der Waals surface area contributed by atoms with E-state index in [4.69, 9.17) is 12.2 Å². The maximum atomic E-state index is 13.0. The van der Waals surface area contributed by atoms with Crippen LogP contribution in [0.1, 0.15) is 17.2 Å². The van der Waals surface area contributed by atoms with Gasteiger partial charge in [0.05, 0.1) is 10.9 Å². The first-order valence-corrected chi connectivity index (χ1v) is 9.77. The Balaban J connectivity index is 1.74. The molecule has 0 unspecified atom stereocenters. The molecule has 0 radical (unpaired) electrons. The summed E-state index contributed by atoms with van der Waals surface area (Å²) in [6, 6.07) is 15.1. The first kappa shape index (κ1) is 18.5. The Hall–Kier alpha value is -2.90. The Bertz CT molecular complexity index is 1140. The van der Waals surface area contributed by atoms with Crippen molar-refractivity contribution in [2.75, 3.05) is 0 Å². The molecule has 1 amide bonds. The molecule has 1 fully saturated rings. The highest BCUT2D eigenvalue weighted by molar-refractivity contribution is 8.26. The second-order valence-corrected chi connectivity index (χ2v) is 8.07. The number of hydrogen-bond donors (Lipinski definition) is 0. The van der Waals surface area contributed by atoms with E-state index >= 15 is 0 Å². The molecule has 2 aromatic carbocycles. The number of fused-ring (bicyclic) bond motifs is 1. The number of carbonyl (C=O) groups excluding carboxylic acids is 2. The number of thiocarbonyl (C=S) groups is 1. The lowest BCUT2D eigenvalue weighted by Gasteiger charge is -2.27. The van der Waals surface area contributed by atoms with Crippen molar-refractivity contribution in [3.63, 3.8) is 0 Å². The average Bonchev–Trinajstić information content (AvgIpc) is 3.14. The molecular formula is C21H15N2O3S2-. The summed E-state index contributed by atoms with van der Waals surface area (Å²) < 4.78 is 2.19. The molecule has 0 N–H and O–H groups in total. The zero-order chi connectivity index (χ0) is 19.8. The van der Waals surface area contributed by atoms with E-state index in [9.17, 15) is 14.7 Å². The molecule has 140 valence electrons. The number of nitrogens with zero attached hydrogens (tertiary/aromatic N) is 2. The largest absolute Gasteiger partial charge is 0.547 e. The zero-order valence-electron chi connectivity index (χ0n) is 14.9. The van der Waals surface area contributed by atoms with Crippen molar-refractivity contribution in [3.8, 4) is 0 Å². The Morgan fingerprint density at radius 1 is 1.14 bits per heavy atom. The molecule has 0 spiro atoms. The minimum absolute atomic E-state index is 0.203. The fourth-order valence-corrected chi connectivity index (χ4v) is 4.66. The molecule has 1 aliphatic heterocycles. The molecule has 1 saturated heterocycles. The van der Waals surface area contributed by atoms with Gasteiger partial charge in [-0.3, -0.25) is 9.69 Å². The standard InChI is InChI=1S/C21H16N2O3S2/c1-22-12-14(15-9-5-6-10-16(15)22)11-17-19(24)23(21(27)28-17)18(20(25)26)13-7-3-2-4-8-13/h2-12,18H,1H3,(H,25,26)/p-1/b17-11-/t18-/m0/s1. The van der Waals surface area contributed by atoms with Gasteiger partial charge in [-0.15, -0.1) is 0 Å². The third-order valence-electron chi connectivity index (χ3n) is 4.63. The summed E-state index contributed by atoms with van der Waals surface area (Å²) >= 11 is 6.44. The third-order valence-corrected chi connectivity index (χ3v) is 5.97. The van der Waals surface area contributed by atoms with Gasteiger partial charge in [0.2, 0.25) is 0 Å². The van der Waals surface area contributed by atoms with Crippen molar-refractivity contribution < 1.29 is 14.7 Å². The summed E-state index contributed by atoms with van der Waals surface area (Å²) in [5, 5.41) is 12.8. The van der Waals surface area contributed by atoms with Crippen molar-refractivity contribution in [2.45, 2.75) is 6.04 Å². The van der Waals surface area contributed by atoms with Crippen LogP contribution in [0.5, 0.6) is 0 Å². The maximum absolute atomic E-state index is 13.0. The van der Waals surface area contributed by atoms with E-state index in [1.807, 2.05) is 42.1 Å². The smallest absolute Gasteiger partial charge is 0.267 e. The van der Waals surface area contributed by atoms with Gasteiger partial charge < -0.3 is 14.5 Å². The van der Waals surface area contributed by atoms with Crippen LogP contribution in [0.2, 0.25) is 0 Å². The molecule has 0 saturated carbocycles. The number of para-hydroxylation sites is 1. The van der Waals surface area contributed by atoms with Crippen LogP contribution in [0, 0.1) is 0 Å². The highest BCUT2D eigenvalue weighted by atomic mass is 32.2. The molecule has 0 bridgehead atoms. The topological polar surface area (TPSA) is 65.4 Å². The summed E-state index contributed by atoms with van der Waals surface area (Å²) in [6.45, 7) is 0. The Morgan fingerprint density at radius 2 is 1.82 bits per heavy atom. The molecule has 1 aliphatic rings. The van der Waals surface area contributed by atoms with Gasteiger partial charge in [0, 0.05) is 29.7 Å². The second-order valence-electron chi connectivity index (χ2n) is 6.40. The number of benzene rings is 2. The van der Waals surface area contributed by atoms with E-state index < -0.39 is 17.9 Å². The van der Waals surface area contributed by atoms with Gasteiger partial charge >= 0.3 is 0 Å². The zero-order valence-corrected chi connectivity index (χ0v) is 16.5. The molecule has 1 aromatic heterocycles. The lowest BCUT2D eigenvalue weighted by atomic mass is 10.1. The average molecular weight is 407 g/mol. The van der Waals surface area contributed by atoms with Gasteiger partial charge in [0.25, 0.3) is 5.91 Å². The second kappa shape index (κ2) is 7.26. The van der Waals surface area contributed by atoms with E-state index in [1.54, 1.807) is 36.4 Å². The van der Waals surface area contributed by atoms with Crippen LogP contribution in [0.4, 0.5) is 0 Å². The molecule has 2 heterocycles. The van der Waals surface area contributed by atoms with Gasteiger partial charge in [0.15, 0.2) is 0 Å². The number of thioether (sulfide) groups is 1. The van der Waals surface area contributed by atoms with Crippen molar-refractivity contribution >= 4 is 57.2 Å². The first-order chi connectivity index (χ1) is 13.5. The summed E-state index contributed by atoms with van der Waals surface area (Å²) in [7, 11) is 1.94. The van der Waals surface area contributed by atoms with E-state index in [0.29, 0.717) is 10.5 Å². The van der Waals surface area contributed by atoms with Crippen molar-refractivity contribution in [1.29, 1.82) is 0 Å². The number of rotatable bonds is 4. The quantitative estimate of drug-likeness (QED) is 0.492. The summed E-state index contributed by atoms with van der Waals surface area (Å²) in [4.78, 5) is 26.4. The molecule has 5 nitrogen and oxygen atoms in total. The molecule has 4 rings (SSSR count). The van der Waals surface area contributed by atoms with E-state index in [-0.39, 0.29) is 4.32 Å².